The van der Waals surface area contributed by atoms with Crippen molar-refractivity contribution in [2.45, 2.75) is 6.92 Å². The lowest BCUT2D eigenvalue weighted by molar-refractivity contribution is -0.118. The topological polar surface area (TPSA) is 91.2 Å². The Morgan fingerprint density at radius 1 is 1.09 bits per heavy atom. The number of anilines is 2. The third-order valence-electron chi connectivity index (χ3n) is 4.51. The quantitative estimate of drug-likeness (QED) is 0.365. The molecule has 0 aliphatic heterocycles. The molecule has 33 heavy (non-hydrogen) atoms. The van der Waals surface area contributed by atoms with Gasteiger partial charge in [0.2, 0.25) is 0 Å². The monoisotopic (exact) mass is 463 g/mol. The smallest absolute Gasteiger partial charge is 0.266 e. The van der Waals surface area contributed by atoms with E-state index in [-0.39, 0.29) is 23.0 Å². The standard InChI is InChI=1S/C25H19ClFN3O3/c1-16-4-2-3-5-22(16)30-25(32)18(14-28)12-17-6-11-23(21(26)13-17)33-15-24(31)29-20-9-7-19(27)8-10-20/h2-13H,15H2,1H3,(H,29,31)(H,30,32)/b18-12-. The molecule has 0 spiro atoms. The summed E-state index contributed by atoms with van der Waals surface area (Å²) in [5, 5.41) is 14.9. The number of rotatable bonds is 7. The van der Waals surface area contributed by atoms with Crippen molar-refractivity contribution in [2.75, 3.05) is 17.2 Å². The average molecular weight is 464 g/mol. The molecular weight excluding hydrogens is 445 g/mol. The van der Waals surface area contributed by atoms with Gasteiger partial charge in [0.1, 0.15) is 23.2 Å². The molecule has 3 aromatic rings. The first-order valence-electron chi connectivity index (χ1n) is 9.82. The molecule has 0 aliphatic carbocycles. The molecule has 0 saturated heterocycles. The third kappa shape index (κ3) is 6.66. The molecule has 8 heteroatoms. The van der Waals surface area contributed by atoms with Gasteiger partial charge in [0.25, 0.3) is 11.8 Å². The first kappa shape index (κ1) is 23.5. The molecule has 2 amide bonds. The molecule has 0 fully saturated rings. The number of carbonyl (C=O) groups is 2. The zero-order chi connectivity index (χ0) is 23.8. The van der Waals surface area contributed by atoms with E-state index in [4.69, 9.17) is 16.3 Å². The maximum absolute atomic E-state index is 12.9. The van der Waals surface area contributed by atoms with Crippen LogP contribution < -0.4 is 15.4 Å². The molecule has 0 radical (unpaired) electrons. The minimum absolute atomic E-state index is 0.0957. The number of hydrogen-bond acceptors (Lipinski definition) is 4. The van der Waals surface area contributed by atoms with E-state index < -0.39 is 17.6 Å². The SMILES string of the molecule is Cc1ccccc1NC(=O)/C(C#N)=C\c1ccc(OCC(=O)Nc2ccc(F)cc2)c(Cl)c1. The number of hydrogen-bond donors (Lipinski definition) is 2. The first-order chi connectivity index (χ1) is 15.9. The number of nitrogens with one attached hydrogen (secondary N) is 2. The number of para-hydroxylation sites is 1. The summed E-state index contributed by atoms with van der Waals surface area (Å²) in [7, 11) is 0. The first-order valence-corrected chi connectivity index (χ1v) is 10.2. The molecule has 166 valence electrons. The van der Waals surface area contributed by atoms with Gasteiger partial charge in [-0.05, 0) is 66.6 Å². The number of benzene rings is 3. The largest absolute Gasteiger partial charge is 0.482 e. The normalized spacial score (nSPS) is 10.8. The maximum Gasteiger partial charge on any atom is 0.266 e. The Kier molecular flexibility index (Phi) is 7.79. The summed E-state index contributed by atoms with van der Waals surface area (Å²) in [6, 6.07) is 19.1. The molecule has 2 N–H and O–H groups in total. The number of nitrogens with zero attached hydrogens (tertiary/aromatic N) is 1. The highest BCUT2D eigenvalue weighted by Gasteiger charge is 2.12. The van der Waals surface area contributed by atoms with Crippen molar-refractivity contribution in [1.82, 2.24) is 0 Å². The van der Waals surface area contributed by atoms with E-state index in [0.717, 1.165) is 5.56 Å². The van der Waals surface area contributed by atoms with E-state index in [1.165, 1.54) is 42.5 Å². The summed E-state index contributed by atoms with van der Waals surface area (Å²) in [5.41, 5.74) is 2.34. The summed E-state index contributed by atoms with van der Waals surface area (Å²) in [6.07, 6.45) is 1.41. The third-order valence-corrected chi connectivity index (χ3v) is 4.81. The molecule has 0 saturated carbocycles. The molecule has 3 rings (SSSR count). The highest BCUT2D eigenvalue weighted by molar-refractivity contribution is 6.32. The lowest BCUT2D eigenvalue weighted by Gasteiger charge is -2.10. The fourth-order valence-corrected chi connectivity index (χ4v) is 3.06. The van der Waals surface area contributed by atoms with Crippen molar-refractivity contribution in [3.05, 3.63) is 94.3 Å². The molecule has 0 bridgehead atoms. The van der Waals surface area contributed by atoms with Crippen LogP contribution in [0.5, 0.6) is 5.75 Å². The Morgan fingerprint density at radius 2 is 1.82 bits per heavy atom. The van der Waals surface area contributed by atoms with Crippen LogP contribution in [0.2, 0.25) is 5.02 Å². The van der Waals surface area contributed by atoms with Gasteiger partial charge in [-0.2, -0.15) is 5.26 Å². The van der Waals surface area contributed by atoms with Crippen LogP contribution in [0, 0.1) is 24.1 Å². The van der Waals surface area contributed by atoms with Gasteiger partial charge in [0.05, 0.1) is 5.02 Å². The van der Waals surface area contributed by atoms with Gasteiger partial charge >= 0.3 is 0 Å². The minimum Gasteiger partial charge on any atom is -0.482 e. The van der Waals surface area contributed by atoms with Crippen LogP contribution in [0.3, 0.4) is 0 Å². The molecule has 0 aliphatic rings. The zero-order valence-corrected chi connectivity index (χ0v) is 18.3. The van der Waals surface area contributed by atoms with E-state index in [1.54, 1.807) is 18.2 Å². The number of amides is 2. The van der Waals surface area contributed by atoms with Crippen LogP contribution in [0.25, 0.3) is 6.08 Å². The van der Waals surface area contributed by atoms with Gasteiger partial charge in [-0.15, -0.1) is 0 Å². The van der Waals surface area contributed by atoms with Gasteiger partial charge in [0, 0.05) is 11.4 Å². The predicted octanol–water partition coefficient (Wildman–Crippen LogP) is 5.35. The van der Waals surface area contributed by atoms with Crippen LogP contribution in [-0.4, -0.2) is 18.4 Å². The fraction of sp³-hybridized carbons (Fsp3) is 0.0800. The predicted molar refractivity (Wildman–Crippen MR) is 125 cm³/mol. The molecule has 0 unspecified atom stereocenters. The number of halogens is 2. The van der Waals surface area contributed by atoms with Crippen LogP contribution >= 0.6 is 11.6 Å². The van der Waals surface area contributed by atoms with Crippen molar-refractivity contribution in [2.24, 2.45) is 0 Å². The summed E-state index contributed by atoms with van der Waals surface area (Å²) in [6.45, 7) is 1.54. The van der Waals surface area contributed by atoms with E-state index in [0.29, 0.717) is 16.9 Å². The fourth-order valence-electron chi connectivity index (χ4n) is 2.82. The second-order valence-electron chi connectivity index (χ2n) is 6.97. The lowest BCUT2D eigenvalue weighted by Crippen LogP contribution is -2.20. The number of nitriles is 1. The van der Waals surface area contributed by atoms with Crippen LogP contribution in [0.4, 0.5) is 15.8 Å². The second-order valence-corrected chi connectivity index (χ2v) is 7.38. The summed E-state index contributed by atoms with van der Waals surface area (Å²) < 4.78 is 18.4. The number of aryl methyl sites for hydroxylation is 1. The Labute approximate surface area is 195 Å². The van der Waals surface area contributed by atoms with E-state index >= 15 is 0 Å². The van der Waals surface area contributed by atoms with Gasteiger partial charge in [-0.25, -0.2) is 4.39 Å². The van der Waals surface area contributed by atoms with Gasteiger partial charge < -0.3 is 15.4 Å². The molecular formula is C25H19ClFN3O3. The van der Waals surface area contributed by atoms with Crippen molar-refractivity contribution in [3.63, 3.8) is 0 Å². The highest BCUT2D eigenvalue weighted by atomic mass is 35.5. The maximum atomic E-state index is 12.9. The Bertz CT molecular complexity index is 1250. The average Bonchev–Trinajstić information content (AvgIpc) is 2.80. The van der Waals surface area contributed by atoms with E-state index in [9.17, 15) is 19.2 Å². The molecule has 0 atom stereocenters. The van der Waals surface area contributed by atoms with Crippen molar-refractivity contribution < 1.29 is 18.7 Å². The number of carbonyl (C=O) groups excluding carboxylic acids is 2. The molecule has 6 nitrogen and oxygen atoms in total. The van der Waals surface area contributed by atoms with Gasteiger partial charge in [0.15, 0.2) is 6.61 Å². The molecule has 3 aromatic carbocycles. The van der Waals surface area contributed by atoms with Crippen molar-refractivity contribution >= 4 is 40.9 Å². The Hall–Kier alpha value is -4.15. The highest BCUT2D eigenvalue weighted by Crippen LogP contribution is 2.27. The Morgan fingerprint density at radius 3 is 2.48 bits per heavy atom. The Balaban J connectivity index is 1.63. The summed E-state index contributed by atoms with van der Waals surface area (Å²) >= 11 is 6.24. The van der Waals surface area contributed by atoms with E-state index in [1.807, 2.05) is 25.1 Å². The van der Waals surface area contributed by atoms with E-state index in [2.05, 4.69) is 10.6 Å². The van der Waals surface area contributed by atoms with Crippen LogP contribution in [0.15, 0.2) is 72.3 Å². The van der Waals surface area contributed by atoms with Gasteiger partial charge in [-0.1, -0.05) is 35.9 Å². The summed E-state index contributed by atoms with van der Waals surface area (Å²) in [5.74, 6) is -1.13. The van der Waals surface area contributed by atoms with Crippen LogP contribution in [-0.2, 0) is 9.59 Å². The minimum atomic E-state index is -0.541. The molecule has 0 heterocycles. The second kappa shape index (κ2) is 10.9. The zero-order valence-electron chi connectivity index (χ0n) is 17.6. The van der Waals surface area contributed by atoms with Crippen LogP contribution in [0.1, 0.15) is 11.1 Å². The van der Waals surface area contributed by atoms with Crippen molar-refractivity contribution in [1.29, 1.82) is 5.26 Å². The van der Waals surface area contributed by atoms with Gasteiger partial charge in [-0.3, -0.25) is 9.59 Å². The lowest BCUT2D eigenvalue weighted by atomic mass is 10.1. The molecule has 0 aromatic heterocycles. The van der Waals surface area contributed by atoms with Crippen molar-refractivity contribution in [3.8, 4) is 11.8 Å². The number of ether oxygens (including phenoxy) is 1. The summed E-state index contributed by atoms with van der Waals surface area (Å²) in [4.78, 5) is 24.5.